The smallest absolute Gasteiger partial charge is 0.156 e. The Kier molecular flexibility index (Phi) is 3.48. The predicted octanol–water partition coefficient (Wildman–Crippen LogP) is 5.63. The first-order valence-electron chi connectivity index (χ1n) is 9.64. The molecule has 124 valence electrons. The zero-order valence-corrected chi connectivity index (χ0v) is 14.9. The van der Waals surface area contributed by atoms with Gasteiger partial charge in [0.25, 0.3) is 0 Å². The summed E-state index contributed by atoms with van der Waals surface area (Å²) in [7, 11) is 0. The number of rotatable bonds is 1. The van der Waals surface area contributed by atoms with Crippen molar-refractivity contribution in [1.29, 1.82) is 0 Å². The van der Waals surface area contributed by atoms with Crippen molar-refractivity contribution in [3.05, 3.63) is 35.5 Å². The fourth-order valence-corrected chi connectivity index (χ4v) is 6.77. The maximum atomic E-state index is 11.9. The minimum atomic E-state index is 0.242. The van der Waals surface area contributed by atoms with E-state index in [4.69, 9.17) is 0 Å². The van der Waals surface area contributed by atoms with E-state index >= 15 is 0 Å². The summed E-state index contributed by atoms with van der Waals surface area (Å²) in [5.41, 5.74) is 3.78. The molecule has 0 aromatic rings. The molecule has 0 unspecified atom stereocenters. The van der Waals surface area contributed by atoms with Gasteiger partial charge in [-0.05, 0) is 85.7 Å². The van der Waals surface area contributed by atoms with Crippen molar-refractivity contribution in [3.63, 3.8) is 0 Å². The van der Waals surface area contributed by atoms with Crippen molar-refractivity contribution in [1.82, 2.24) is 0 Å². The Hall–Kier alpha value is -1.11. The van der Waals surface area contributed by atoms with Gasteiger partial charge in [0.1, 0.15) is 0 Å². The number of carbonyl (C=O) groups excluding carboxylic acids is 1. The van der Waals surface area contributed by atoms with Crippen LogP contribution < -0.4 is 0 Å². The van der Waals surface area contributed by atoms with Crippen molar-refractivity contribution in [2.24, 2.45) is 28.6 Å². The number of ketones is 1. The molecule has 0 saturated heterocycles. The fourth-order valence-electron chi connectivity index (χ4n) is 6.77. The second-order valence-electron chi connectivity index (χ2n) is 8.53. The van der Waals surface area contributed by atoms with E-state index in [0.717, 1.165) is 30.6 Å². The SMILES string of the molecule is CC=C1CC[C@H]2[C@@H]3C=CC4=CC(=O)CC[C@]4(C)[C@H]3CC[C@]12CC. The highest BCUT2D eigenvalue weighted by atomic mass is 16.1. The number of fused-ring (bicyclic) bond motifs is 5. The summed E-state index contributed by atoms with van der Waals surface area (Å²) in [4.78, 5) is 11.9. The summed E-state index contributed by atoms with van der Waals surface area (Å²) in [5, 5.41) is 0. The molecule has 1 heteroatoms. The van der Waals surface area contributed by atoms with Gasteiger partial charge in [0.15, 0.2) is 5.78 Å². The van der Waals surface area contributed by atoms with Crippen LogP contribution in [0.3, 0.4) is 0 Å². The molecule has 2 saturated carbocycles. The minimum Gasteiger partial charge on any atom is -0.295 e. The number of carbonyl (C=O) groups is 1. The molecule has 0 amide bonds. The second-order valence-corrected chi connectivity index (χ2v) is 8.53. The van der Waals surface area contributed by atoms with E-state index in [9.17, 15) is 4.79 Å². The van der Waals surface area contributed by atoms with Gasteiger partial charge in [0.2, 0.25) is 0 Å². The average molecular weight is 310 g/mol. The second kappa shape index (κ2) is 5.19. The molecule has 0 aromatic carbocycles. The van der Waals surface area contributed by atoms with Crippen LogP contribution >= 0.6 is 0 Å². The van der Waals surface area contributed by atoms with E-state index in [1.165, 1.54) is 37.7 Å². The molecular weight excluding hydrogens is 280 g/mol. The maximum absolute atomic E-state index is 11.9. The summed E-state index contributed by atoms with van der Waals surface area (Å²) < 4.78 is 0. The Morgan fingerprint density at radius 1 is 1.22 bits per heavy atom. The van der Waals surface area contributed by atoms with Crippen LogP contribution in [0.2, 0.25) is 0 Å². The lowest BCUT2D eigenvalue weighted by Gasteiger charge is -2.56. The molecule has 1 nitrogen and oxygen atoms in total. The van der Waals surface area contributed by atoms with Gasteiger partial charge in [-0.1, -0.05) is 37.6 Å². The van der Waals surface area contributed by atoms with Crippen LogP contribution in [-0.4, -0.2) is 5.78 Å². The van der Waals surface area contributed by atoms with Crippen LogP contribution in [0, 0.1) is 28.6 Å². The first kappa shape index (κ1) is 15.4. The summed E-state index contributed by atoms with van der Waals surface area (Å²) in [6.45, 7) is 7.09. The van der Waals surface area contributed by atoms with Gasteiger partial charge >= 0.3 is 0 Å². The molecule has 0 aromatic heterocycles. The Bertz CT molecular complexity index is 622. The molecule has 5 atom stereocenters. The monoisotopic (exact) mass is 310 g/mol. The highest BCUT2D eigenvalue weighted by Crippen LogP contribution is 2.66. The summed E-state index contributed by atoms with van der Waals surface area (Å²) >= 11 is 0. The van der Waals surface area contributed by atoms with E-state index in [1.807, 2.05) is 6.08 Å². The highest BCUT2D eigenvalue weighted by molar-refractivity contribution is 5.92. The zero-order chi connectivity index (χ0) is 16.2. The molecule has 4 aliphatic carbocycles. The van der Waals surface area contributed by atoms with Gasteiger partial charge in [-0.3, -0.25) is 4.79 Å². The Labute approximate surface area is 140 Å². The third-order valence-corrected chi connectivity index (χ3v) is 8.07. The van der Waals surface area contributed by atoms with Crippen molar-refractivity contribution in [3.8, 4) is 0 Å². The first-order chi connectivity index (χ1) is 11.0. The van der Waals surface area contributed by atoms with Gasteiger partial charge in [-0.2, -0.15) is 0 Å². The van der Waals surface area contributed by atoms with E-state index in [0.29, 0.717) is 11.2 Å². The van der Waals surface area contributed by atoms with Crippen molar-refractivity contribution >= 4 is 5.78 Å². The lowest BCUT2D eigenvalue weighted by Crippen LogP contribution is -2.48. The minimum absolute atomic E-state index is 0.242. The fraction of sp³-hybridized carbons (Fsp3) is 0.682. The molecule has 0 heterocycles. The molecule has 0 spiro atoms. The lowest BCUT2D eigenvalue weighted by atomic mass is 9.48. The van der Waals surface area contributed by atoms with Crippen LogP contribution in [0.5, 0.6) is 0 Å². The molecule has 0 bridgehead atoms. The van der Waals surface area contributed by atoms with Crippen molar-refractivity contribution < 1.29 is 4.79 Å². The highest BCUT2D eigenvalue weighted by Gasteiger charge is 2.57. The largest absolute Gasteiger partial charge is 0.295 e. The topological polar surface area (TPSA) is 17.1 Å². The van der Waals surface area contributed by atoms with E-state index in [1.54, 1.807) is 5.57 Å². The summed E-state index contributed by atoms with van der Waals surface area (Å²) in [6.07, 6.45) is 17.7. The quantitative estimate of drug-likeness (QED) is 0.574. The molecular formula is C22H30O. The Balaban J connectivity index is 1.76. The summed E-state index contributed by atoms with van der Waals surface area (Å²) in [6, 6.07) is 0. The summed E-state index contributed by atoms with van der Waals surface area (Å²) in [5.74, 6) is 2.62. The lowest BCUT2D eigenvalue weighted by molar-refractivity contribution is -0.116. The van der Waals surface area contributed by atoms with E-state index < -0.39 is 0 Å². The number of allylic oxidation sites excluding steroid dienone is 6. The van der Waals surface area contributed by atoms with Crippen LogP contribution in [0.15, 0.2) is 35.5 Å². The molecule has 4 rings (SSSR count). The third kappa shape index (κ3) is 1.95. The Morgan fingerprint density at radius 3 is 2.78 bits per heavy atom. The number of hydrogen-bond donors (Lipinski definition) is 0. The molecule has 0 aliphatic heterocycles. The number of hydrogen-bond acceptors (Lipinski definition) is 1. The van der Waals surface area contributed by atoms with Gasteiger partial charge in [-0.15, -0.1) is 0 Å². The van der Waals surface area contributed by atoms with Gasteiger partial charge in [-0.25, -0.2) is 0 Å². The molecule has 23 heavy (non-hydrogen) atoms. The van der Waals surface area contributed by atoms with E-state index in [-0.39, 0.29) is 5.41 Å². The standard InChI is InChI=1S/C22H30O/c1-4-15-7-9-20-18-8-6-16-14-17(23)10-12-21(16,3)19(18)11-13-22(15,20)5-2/h4,6,8,14,18-20H,5,7,9-13H2,1-3H3/t18-,19+,20+,21+,22-/m1/s1. The molecule has 2 fully saturated rings. The van der Waals surface area contributed by atoms with Crippen LogP contribution in [0.25, 0.3) is 0 Å². The van der Waals surface area contributed by atoms with E-state index in [2.05, 4.69) is 39.0 Å². The Morgan fingerprint density at radius 2 is 2.04 bits per heavy atom. The first-order valence-corrected chi connectivity index (χ1v) is 9.64. The van der Waals surface area contributed by atoms with Gasteiger partial charge in [0.05, 0.1) is 0 Å². The van der Waals surface area contributed by atoms with Crippen LogP contribution in [0.1, 0.15) is 65.7 Å². The van der Waals surface area contributed by atoms with Crippen molar-refractivity contribution in [2.45, 2.75) is 65.7 Å². The molecule has 0 N–H and O–H groups in total. The molecule has 0 radical (unpaired) electrons. The maximum Gasteiger partial charge on any atom is 0.156 e. The van der Waals surface area contributed by atoms with Gasteiger partial charge in [0, 0.05) is 6.42 Å². The average Bonchev–Trinajstić information content (AvgIpc) is 2.94. The van der Waals surface area contributed by atoms with Crippen LogP contribution in [0.4, 0.5) is 0 Å². The predicted molar refractivity (Wildman–Crippen MR) is 95.0 cm³/mol. The van der Waals surface area contributed by atoms with Crippen LogP contribution in [-0.2, 0) is 4.79 Å². The van der Waals surface area contributed by atoms with Gasteiger partial charge < -0.3 is 0 Å². The normalized spacial score (nSPS) is 47.1. The molecule has 4 aliphatic rings. The third-order valence-electron chi connectivity index (χ3n) is 8.07. The van der Waals surface area contributed by atoms with Crippen molar-refractivity contribution in [2.75, 3.05) is 0 Å². The zero-order valence-electron chi connectivity index (χ0n) is 14.9.